The van der Waals surface area contributed by atoms with Crippen molar-refractivity contribution in [2.24, 2.45) is 7.05 Å². The van der Waals surface area contributed by atoms with Gasteiger partial charge in [0, 0.05) is 7.05 Å². The van der Waals surface area contributed by atoms with E-state index in [1.54, 1.807) is 23.9 Å². The number of H-pyrrole nitrogens is 1. The van der Waals surface area contributed by atoms with Gasteiger partial charge in [0.25, 0.3) is 5.56 Å². The molecule has 1 aromatic carbocycles. The first-order chi connectivity index (χ1) is 5.68. The molecule has 0 saturated carbocycles. The third-order valence-electron chi connectivity index (χ3n) is 1.86. The number of aromatic amines is 1. The number of aromatic hydroxyl groups is 1. The normalized spacial score (nSPS) is 10.8. The van der Waals surface area contributed by atoms with Crippen LogP contribution in [0, 0.1) is 0 Å². The van der Waals surface area contributed by atoms with E-state index in [4.69, 9.17) is 5.11 Å². The summed E-state index contributed by atoms with van der Waals surface area (Å²) >= 11 is 0. The molecule has 0 fully saturated rings. The average molecular weight is 164 g/mol. The first-order valence-corrected chi connectivity index (χ1v) is 3.56. The fourth-order valence-corrected chi connectivity index (χ4v) is 1.27. The second kappa shape index (κ2) is 2.14. The summed E-state index contributed by atoms with van der Waals surface area (Å²) in [6, 6.07) is 4.70. The highest BCUT2D eigenvalue weighted by Crippen LogP contribution is 2.15. The van der Waals surface area contributed by atoms with E-state index in [0.29, 0.717) is 5.39 Å². The quantitative estimate of drug-likeness (QED) is 0.598. The predicted octanol–water partition coefficient (Wildman–Crippen LogP) is 0.572. The van der Waals surface area contributed by atoms with Crippen LogP contribution in [0.25, 0.3) is 10.9 Å². The number of fused-ring (bicyclic) bond motifs is 1. The molecule has 2 aromatic rings. The van der Waals surface area contributed by atoms with Gasteiger partial charge in [0.1, 0.15) is 5.75 Å². The summed E-state index contributed by atoms with van der Waals surface area (Å²) in [4.78, 5) is 11.2. The van der Waals surface area contributed by atoms with Crippen LogP contribution in [0.4, 0.5) is 0 Å². The van der Waals surface area contributed by atoms with E-state index < -0.39 is 0 Å². The Labute approximate surface area is 68.0 Å². The van der Waals surface area contributed by atoms with Crippen LogP contribution < -0.4 is 5.56 Å². The van der Waals surface area contributed by atoms with Gasteiger partial charge in [0.15, 0.2) is 0 Å². The Morgan fingerprint density at radius 1 is 1.50 bits per heavy atom. The zero-order chi connectivity index (χ0) is 8.72. The Morgan fingerprint density at radius 3 is 3.00 bits per heavy atom. The molecule has 0 amide bonds. The minimum Gasteiger partial charge on any atom is -0.508 e. The Kier molecular flexibility index (Phi) is 1.24. The van der Waals surface area contributed by atoms with Gasteiger partial charge in [-0.1, -0.05) is 0 Å². The third-order valence-corrected chi connectivity index (χ3v) is 1.86. The van der Waals surface area contributed by atoms with Crippen LogP contribution >= 0.6 is 0 Å². The lowest BCUT2D eigenvalue weighted by molar-refractivity contribution is 0.476. The Hall–Kier alpha value is -1.71. The van der Waals surface area contributed by atoms with Gasteiger partial charge in [0.05, 0.1) is 10.9 Å². The molecule has 12 heavy (non-hydrogen) atoms. The maximum absolute atomic E-state index is 11.2. The van der Waals surface area contributed by atoms with Crippen molar-refractivity contribution in [3.05, 3.63) is 28.6 Å². The summed E-state index contributed by atoms with van der Waals surface area (Å²) in [7, 11) is 1.75. The summed E-state index contributed by atoms with van der Waals surface area (Å²) in [6.45, 7) is 0. The molecule has 0 saturated heterocycles. The van der Waals surface area contributed by atoms with Crippen molar-refractivity contribution in [2.75, 3.05) is 0 Å². The summed E-state index contributed by atoms with van der Waals surface area (Å²) < 4.78 is 1.62. The predicted molar refractivity (Wildman–Crippen MR) is 45.2 cm³/mol. The van der Waals surface area contributed by atoms with Crippen molar-refractivity contribution in [3.63, 3.8) is 0 Å². The first-order valence-electron chi connectivity index (χ1n) is 3.56. The highest BCUT2D eigenvalue weighted by Gasteiger charge is 2.03. The van der Waals surface area contributed by atoms with Gasteiger partial charge in [-0.25, -0.2) is 0 Å². The number of benzene rings is 1. The number of hydrogen-bond acceptors (Lipinski definition) is 2. The van der Waals surface area contributed by atoms with Gasteiger partial charge < -0.3 is 5.11 Å². The molecule has 0 bridgehead atoms. The van der Waals surface area contributed by atoms with Crippen LogP contribution in [0.15, 0.2) is 23.0 Å². The fraction of sp³-hybridized carbons (Fsp3) is 0.125. The molecule has 4 heteroatoms. The zero-order valence-corrected chi connectivity index (χ0v) is 6.53. The van der Waals surface area contributed by atoms with Crippen molar-refractivity contribution in [1.82, 2.24) is 9.78 Å². The molecule has 1 aromatic heterocycles. The summed E-state index contributed by atoms with van der Waals surface area (Å²) in [5.41, 5.74) is 0.612. The van der Waals surface area contributed by atoms with Crippen LogP contribution in [0.5, 0.6) is 5.75 Å². The highest BCUT2D eigenvalue weighted by atomic mass is 16.3. The van der Waals surface area contributed by atoms with E-state index in [-0.39, 0.29) is 11.3 Å². The first kappa shape index (κ1) is 6.97. The molecule has 0 aliphatic heterocycles. The maximum Gasteiger partial charge on any atom is 0.272 e. The lowest BCUT2D eigenvalue weighted by Gasteiger charge is -1.93. The van der Waals surface area contributed by atoms with Crippen LogP contribution in [-0.2, 0) is 7.05 Å². The molecule has 0 atom stereocenters. The van der Waals surface area contributed by atoms with E-state index >= 15 is 0 Å². The minimum absolute atomic E-state index is 0.110. The molecule has 0 aliphatic carbocycles. The van der Waals surface area contributed by atoms with E-state index in [9.17, 15) is 4.79 Å². The Bertz CT molecular complexity index is 481. The molecular formula is C8H8N2O2. The molecule has 62 valence electrons. The van der Waals surface area contributed by atoms with Gasteiger partial charge in [0.2, 0.25) is 0 Å². The van der Waals surface area contributed by atoms with Crippen molar-refractivity contribution >= 4 is 10.9 Å². The molecule has 1 heterocycles. The number of nitrogens with zero attached hydrogens (tertiary/aromatic N) is 1. The second-order valence-corrected chi connectivity index (χ2v) is 2.70. The van der Waals surface area contributed by atoms with Gasteiger partial charge in [-0.15, -0.1) is 0 Å². The van der Waals surface area contributed by atoms with Crippen molar-refractivity contribution in [1.29, 1.82) is 0 Å². The van der Waals surface area contributed by atoms with Gasteiger partial charge in [-0.05, 0) is 18.2 Å². The standard InChI is InChI=1S/C8H8N2O2/c1-10-7-3-2-5(11)4-6(7)8(12)9-10/h2-4,11H,1H3,(H,9,12). The second-order valence-electron chi connectivity index (χ2n) is 2.70. The third kappa shape index (κ3) is 0.812. The van der Waals surface area contributed by atoms with Crippen LogP contribution in [0.3, 0.4) is 0 Å². The molecule has 0 aliphatic rings. The largest absolute Gasteiger partial charge is 0.508 e. The number of hydrogen-bond donors (Lipinski definition) is 2. The molecule has 0 spiro atoms. The molecule has 2 rings (SSSR count). The average Bonchev–Trinajstić information content (AvgIpc) is 2.28. The van der Waals surface area contributed by atoms with Gasteiger partial charge in [-0.2, -0.15) is 0 Å². The Balaban J connectivity index is 3.00. The lowest BCUT2D eigenvalue weighted by Crippen LogP contribution is -2.01. The van der Waals surface area contributed by atoms with Crippen LogP contribution in [0.2, 0.25) is 0 Å². The molecule has 4 nitrogen and oxygen atoms in total. The summed E-state index contributed by atoms with van der Waals surface area (Å²) in [6.07, 6.45) is 0. The van der Waals surface area contributed by atoms with Crippen molar-refractivity contribution in [2.45, 2.75) is 0 Å². The molecule has 0 radical (unpaired) electrons. The maximum atomic E-state index is 11.2. The van der Waals surface area contributed by atoms with Crippen LogP contribution in [-0.4, -0.2) is 14.9 Å². The number of phenolic OH excluding ortho intramolecular Hbond substituents is 1. The smallest absolute Gasteiger partial charge is 0.272 e. The zero-order valence-electron chi connectivity index (χ0n) is 6.53. The van der Waals surface area contributed by atoms with E-state index in [1.165, 1.54) is 6.07 Å². The highest BCUT2D eigenvalue weighted by molar-refractivity contribution is 5.79. The number of aryl methyl sites for hydroxylation is 1. The van der Waals surface area contributed by atoms with Crippen LogP contribution in [0.1, 0.15) is 0 Å². The van der Waals surface area contributed by atoms with Gasteiger partial charge in [-0.3, -0.25) is 14.6 Å². The topological polar surface area (TPSA) is 58.0 Å². The van der Waals surface area contributed by atoms with Gasteiger partial charge >= 0.3 is 0 Å². The SMILES string of the molecule is Cn1[nH]c(=O)c2cc(O)ccc21. The monoisotopic (exact) mass is 164 g/mol. The number of rotatable bonds is 0. The van der Waals surface area contributed by atoms with Crippen molar-refractivity contribution < 1.29 is 5.11 Å². The van der Waals surface area contributed by atoms with E-state index in [0.717, 1.165) is 5.52 Å². The summed E-state index contributed by atoms with van der Waals surface area (Å²) in [5.74, 6) is 0.110. The number of aromatic nitrogens is 2. The van der Waals surface area contributed by atoms with E-state index in [2.05, 4.69) is 5.10 Å². The number of phenols is 1. The molecule has 0 unspecified atom stereocenters. The molecule has 2 N–H and O–H groups in total. The number of nitrogens with one attached hydrogen (secondary N) is 1. The lowest BCUT2D eigenvalue weighted by atomic mass is 10.2. The molecular weight excluding hydrogens is 156 g/mol. The Morgan fingerprint density at radius 2 is 2.25 bits per heavy atom. The minimum atomic E-state index is -0.177. The fourth-order valence-electron chi connectivity index (χ4n) is 1.27. The van der Waals surface area contributed by atoms with E-state index in [1.807, 2.05) is 0 Å². The van der Waals surface area contributed by atoms with Crippen molar-refractivity contribution in [3.8, 4) is 5.75 Å². The summed E-state index contributed by atoms with van der Waals surface area (Å²) in [5, 5.41) is 12.2.